The average molecular weight is 342 g/mol. The standard InChI is InChI=1S/C16H14N4OS2/c1-2-8-19-14(21)13-11(20-15(19)17-18-16(20)22)9-12(23-13)10-6-4-3-5-7-10/h3-7,9H,2,8H2,1H3,(H,18,22). The zero-order valence-corrected chi connectivity index (χ0v) is 14.1. The van der Waals surface area contributed by atoms with Gasteiger partial charge in [0, 0.05) is 11.4 Å². The second-order valence-electron chi connectivity index (χ2n) is 5.31. The molecule has 0 unspecified atom stereocenters. The van der Waals surface area contributed by atoms with Crippen LogP contribution in [0.4, 0.5) is 0 Å². The first kappa shape index (κ1) is 14.3. The molecule has 7 heteroatoms. The third-order valence-corrected chi connectivity index (χ3v) is 5.23. The van der Waals surface area contributed by atoms with Gasteiger partial charge in [-0.1, -0.05) is 37.3 Å². The molecule has 0 radical (unpaired) electrons. The van der Waals surface area contributed by atoms with Gasteiger partial charge in [-0.2, -0.15) is 0 Å². The molecule has 1 N–H and O–H groups in total. The fraction of sp³-hybridized carbons (Fsp3) is 0.188. The Morgan fingerprint density at radius 3 is 2.83 bits per heavy atom. The molecule has 4 aromatic rings. The summed E-state index contributed by atoms with van der Waals surface area (Å²) < 4.78 is 4.76. The van der Waals surface area contributed by atoms with Gasteiger partial charge < -0.3 is 0 Å². The zero-order chi connectivity index (χ0) is 16.0. The van der Waals surface area contributed by atoms with Crippen molar-refractivity contribution in [2.45, 2.75) is 19.9 Å². The zero-order valence-electron chi connectivity index (χ0n) is 12.4. The molecule has 0 bridgehead atoms. The van der Waals surface area contributed by atoms with Crippen LogP contribution in [0.2, 0.25) is 0 Å². The van der Waals surface area contributed by atoms with E-state index < -0.39 is 0 Å². The number of aryl methyl sites for hydroxylation is 1. The highest BCUT2D eigenvalue weighted by molar-refractivity contribution is 7.71. The van der Waals surface area contributed by atoms with Gasteiger partial charge in [-0.05, 0) is 30.3 Å². The highest BCUT2D eigenvalue weighted by atomic mass is 32.1. The second-order valence-corrected chi connectivity index (χ2v) is 6.75. The predicted octanol–water partition coefficient (Wildman–Crippen LogP) is 3.85. The van der Waals surface area contributed by atoms with Crippen molar-refractivity contribution >= 4 is 39.5 Å². The summed E-state index contributed by atoms with van der Waals surface area (Å²) in [6.07, 6.45) is 0.859. The SMILES string of the molecule is CCCn1c(=O)c2sc(-c3ccccc3)cc2n2c(=S)[nH]nc12. The summed E-state index contributed by atoms with van der Waals surface area (Å²) in [5.74, 6) is 0.576. The van der Waals surface area contributed by atoms with E-state index in [-0.39, 0.29) is 5.56 Å². The van der Waals surface area contributed by atoms with Crippen LogP contribution >= 0.6 is 23.6 Å². The van der Waals surface area contributed by atoms with E-state index >= 15 is 0 Å². The quantitative estimate of drug-likeness (QED) is 0.576. The number of aromatic nitrogens is 4. The van der Waals surface area contributed by atoms with Gasteiger partial charge >= 0.3 is 0 Å². The lowest BCUT2D eigenvalue weighted by molar-refractivity contribution is 0.664. The Morgan fingerprint density at radius 2 is 2.09 bits per heavy atom. The number of thiophene rings is 1. The summed E-state index contributed by atoms with van der Waals surface area (Å²) in [6.45, 7) is 2.66. The molecule has 5 nitrogen and oxygen atoms in total. The number of H-pyrrole nitrogens is 1. The smallest absolute Gasteiger partial charge is 0.272 e. The van der Waals surface area contributed by atoms with Crippen LogP contribution in [-0.2, 0) is 6.54 Å². The van der Waals surface area contributed by atoms with Gasteiger partial charge in [0.25, 0.3) is 5.56 Å². The lowest BCUT2D eigenvalue weighted by Crippen LogP contribution is -2.22. The highest BCUT2D eigenvalue weighted by Crippen LogP contribution is 2.32. The molecular formula is C16H14N4OS2. The number of nitrogens with one attached hydrogen (secondary N) is 1. The van der Waals surface area contributed by atoms with Crippen molar-refractivity contribution in [3.63, 3.8) is 0 Å². The van der Waals surface area contributed by atoms with Crippen molar-refractivity contribution in [3.8, 4) is 10.4 Å². The molecule has 0 saturated heterocycles. The van der Waals surface area contributed by atoms with Crippen molar-refractivity contribution in [1.29, 1.82) is 0 Å². The van der Waals surface area contributed by atoms with Crippen molar-refractivity contribution < 1.29 is 0 Å². The van der Waals surface area contributed by atoms with Crippen molar-refractivity contribution in [3.05, 3.63) is 51.5 Å². The molecule has 0 saturated carbocycles. The maximum Gasteiger partial charge on any atom is 0.272 e. The molecule has 3 heterocycles. The fourth-order valence-electron chi connectivity index (χ4n) is 2.77. The summed E-state index contributed by atoms with van der Waals surface area (Å²) in [5, 5.41) is 7.05. The van der Waals surface area contributed by atoms with E-state index in [4.69, 9.17) is 12.2 Å². The fourth-order valence-corrected chi connectivity index (χ4v) is 4.09. The van der Waals surface area contributed by atoms with Gasteiger partial charge in [-0.15, -0.1) is 16.4 Å². The van der Waals surface area contributed by atoms with Gasteiger partial charge in [0.15, 0.2) is 0 Å². The lowest BCUT2D eigenvalue weighted by Gasteiger charge is -2.05. The van der Waals surface area contributed by atoms with Crippen LogP contribution in [0.3, 0.4) is 0 Å². The maximum absolute atomic E-state index is 12.9. The normalized spacial score (nSPS) is 11.5. The summed E-state index contributed by atoms with van der Waals surface area (Å²) in [7, 11) is 0. The Hall–Kier alpha value is -2.25. The molecule has 1 aromatic carbocycles. The molecule has 116 valence electrons. The first-order valence-corrected chi connectivity index (χ1v) is 8.62. The van der Waals surface area contributed by atoms with E-state index in [0.717, 1.165) is 22.4 Å². The second kappa shape index (κ2) is 5.43. The lowest BCUT2D eigenvalue weighted by atomic mass is 10.2. The number of fused-ring (bicyclic) bond motifs is 3. The number of hydrogen-bond acceptors (Lipinski definition) is 4. The molecule has 0 aliphatic rings. The number of hydrogen-bond donors (Lipinski definition) is 1. The van der Waals surface area contributed by atoms with Gasteiger partial charge in [0.05, 0.1) is 5.52 Å². The van der Waals surface area contributed by atoms with Gasteiger partial charge in [-0.25, -0.2) is 5.10 Å². The maximum atomic E-state index is 12.9. The summed E-state index contributed by atoms with van der Waals surface area (Å²) in [6, 6.07) is 12.1. The van der Waals surface area contributed by atoms with E-state index in [1.165, 1.54) is 11.3 Å². The van der Waals surface area contributed by atoms with Crippen molar-refractivity contribution in [1.82, 2.24) is 19.2 Å². The Morgan fingerprint density at radius 1 is 1.30 bits per heavy atom. The average Bonchev–Trinajstić information content (AvgIpc) is 3.16. The van der Waals surface area contributed by atoms with Crippen LogP contribution < -0.4 is 5.56 Å². The minimum atomic E-state index is -0.00414. The first-order valence-electron chi connectivity index (χ1n) is 7.39. The van der Waals surface area contributed by atoms with Gasteiger partial charge in [0.1, 0.15) is 4.70 Å². The van der Waals surface area contributed by atoms with Crippen LogP contribution in [0, 0.1) is 4.77 Å². The Kier molecular flexibility index (Phi) is 3.39. The van der Waals surface area contributed by atoms with E-state index in [0.29, 0.717) is 21.8 Å². The topological polar surface area (TPSA) is 55.1 Å². The molecule has 0 spiro atoms. The van der Waals surface area contributed by atoms with Crippen LogP contribution in [0.25, 0.3) is 26.4 Å². The number of aromatic amines is 1. The van der Waals surface area contributed by atoms with E-state index in [9.17, 15) is 4.79 Å². The molecule has 23 heavy (non-hydrogen) atoms. The molecule has 0 fully saturated rings. The molecule has 0 aliphatic heterocycles. The van der Waals surface area contributed by atoms with Crippen LogP contribution in [0.5, 0.6) is 0 Å². The first-order chi connectivity index (χ1) is 11.2. The molecule has 0 amide bonds. The summed E-state index contributed by atoms with van der Waals surface area (Å²) >= 11 is 6.86. The molecular weight excluding hydrogens is 328 g/mol. The number of nitrogens with zero attached hydrogens (tertiary/aromatic N) is 3. The van der Waals surface area contributed by atoms with E-state index in [1.54, 1.807) is 4.57 Å². The van der Waals surface area contributed by atoms with E-state index in [1.807, 2.05) is 47.7 Å². The molecule has 0 atom stereocenters. The molecule has 3 aromatic heterocycles. The van der Waals surface area contributed by atoms with E-state index in [2.05, 4.69) is 10.2 Å². The Bertz CT molecular complexity index is 1120. The van der Waals surface area contributed by atoms with Gasteiger partial charge in [0.2, 0.25) is 10.5 Å². The van der Waals surface area contributed by atoms with Crippen LogP contribution in [-0.4, -0.2) is 19.2 Å². The molecule has 0 aliphatic carbocycles. The number of rotatable bonds is 3. The Balaban J connectivity index is 2.14. The van der Waals surface area contributed by atoms with Crippen LogP contribution in [0.15, 0.2) is 41.2 Å². The molecule has 4 rings (SSSR count). The minimum Gasteiger partial charge on any atom is -0.276 e. The third kappa shape index (κ3) is 2.15. The predicted molar refractivity (Wildman–Crippen MR) is 95.7 cm³/mol. The largest absolute Gasteiger partial charge is 0.276 e. The number of benzene rings is 1. The highest BCUT2D eigenvalue weighted by Gasteiger charge is 2.16. The van der Waals surface area contributed by atoms with Crippen LogP contribution in [0.1, 0.15) is 13.3 Å². The van der Waals surface area contributed by atoms with Crippen molar-refractivity contribution in [2.75, 3.05) is 0 Å². The summed E-state index contributed by atoms with van der Waals surface area (Å²) in [5.41, 5.74) is 1.91. The monoisotopic (exact) mass is 342 g/mol. The van der Waals surface area contributed by atoms with Crippen molar-refractivity contribution in [2.24, 2.45) is 0 Å². The summed E-state index contributed by atoms with van der Waals surface area (Å²) in [4.78, 5) is 13.9. The van der Waals surface area contributed by atoms with Gasteiger partial charge in [-0.3, -0.25) is 13.8 Å². The third-order valence-electron chi connectivity index (χ3n) is 3.79. The Labute approximate surface area is 140 Å². The minimum absolute atomic E-state index is 0.00414.